The van der Waals surface area contributed by atoms with Crippen molar-refractivity contribution in [2.75, 3.05) is 27.2 Å². The van der Waals surface area contributed by atoms with Gasteiger partial charge in [-0.05, 0) is 38.8 Å². The first-order valence-corrected chi connectivity index (χ1v) is 6.00. The third-order valence-corrected chi connectivity index (χ3v) is 4.18. The van der Waals surface area contributed by atoms with E-state index in [2.05, 4.69) is 37.7 Å². The Labute approximate surface area is 88.3 Å². The van der Waals surface area contributed by atoms with Crippen molar-refractivity contribution in [1.29, 1.82) is 0 Å². The second-order valence-electron chi connectivity index (χ2n) is 5.60. The van der Waals surface area contributed by atoms with Crippen molar-refractivity contribution in [1.82, 2.24) is 9.80 Å². The minimum atomic E-state index is 0.819. The van der Waals surface area contributed by atoms with Crippen LogP contribution in [0.1, 0.15) is 26.7 Å². The summed E-state index contributed by atoms with van der Waals surface area (Å²) < 4.78 is 0. The minimum Gasteiger partial charge on any atom is -0.302 e. The first-order chi connectivity index (χ1) is 6.59. The molecule has 14 heavy (non-hydrogen) atoms. The Bertz CT molecular complexity index is 196. The van der Waals surface area contributed by atoms with Gasteiger partial charge in [0.05, 0.1) is 0 Å². The zero-order valence-electron chi connectivity index (χ0n) is 10.0. The van der Waals surface area contributed by atoms with Crippen LogP contribution >= 0.6 is 0 Å². The standard InChI is InChI=1S/C12H24N2/c1-9-5-6-11(13(3)7-9)12-10(2)8-14(12)4/h9-12H,5-8H2,1-4H3. The molecular weight excluding hydrogens is 172 g/mol. The van der Waals surface area contributed by atoms with Crippen LogP contribution in [0.25, 0.3) is 0 Å². The highest BCUT2D eigenvalue weighted by molar-refractivity contribution is 4.97. The maximum absolute atomic E-state index is 2.59. The zero-order chi connectivity index (χ0) is 10.3. The first-order valence-electron chi connectivity index (χ1n) is 6.00. The molecule has 2 aliphatic rings. The molecule has 0 aromatic carbocycles. The van der Waals surface area contributed by atoms with Gasteiger partial charge in [0.15, 0.2) is 0 Å². The molecule has 0 spiro atoms. The smallest absolute Gasteiger partial charge is 0.0286 e. The predicted molar refractivity (Wildman–Crippen MR) is 60.4 cm³/mol. The SMILES string of the molecule is CC1CCC(C2C(C)CN2C)N(C)C1. The third-order valence-electron chi connectivity index (χ3n) is 4.18. The lowest BCUT2D eigenvalue weighted by molar-refractivity contribution is -0.0315. The Morgan fingerprint density at radius 3 is 2.14 bits per heavy atom. The van der Waals surface area contributed by atoms with E-state index in [9.17, 15) is 0 Å². The van der Waals surface area contributed by atoms with Gasteiger partial charge in [0.25, 0.3) is 0 Å². The van der Waals surface area contributed by atoms with Crippen molar-refractivity contribution in [2.45, 2.75) is 38.8 Å². The van der Waals surface area contributed by atoms with Crippen LogP contribution in [0, 0.1) is 11.8 Å². The minimum absolute atomic E-state index is 0.819. The second-order valence-corrected chi connectivity index (χ2v) is 5.60. The molecule has 0 aromatic rings. The van der Waals surface area contributed by atoms with Gasteiger partial charge in [0.2, 0.25) is 0 Å². The van der Waals surface area contributed by atoms with E-state index in [1.165, 1.54) is 25.9 Å². The molecule has 0 aliphatic carbocycles. The van der Waals surface area contributed by atoms with Crippen LogP contribution in [-0.4, -0.2) is 49.1 Å². The molecule has 0 bridgehead atoms. The van der Waals surface area contributed by atoms with Crippen molar-refractivity contribution >= 4 is 0 Å². The van der Waals surface area contributed by atoms with Crippen molar-refractivity contribution < 1.29 is 0 Å². The molecule has 2 saturated heterocycles. The highest BCUT2D eigenvalue weighted by atomic mass is 15.3. The maximum Gasteiger partial charge on any atom is 0.0286 e. The molecule has 0 radical (unpaired) electrons. The number of likely N-dealkylation sites (N-methyl/N-ethyl adjacent to an activating group) is 2. The molecule has 82 valence electrons. The molecule has 2 rings (SSSR count). The highest BCUT2D eigenvalue weighted by Gasteiger charge is 2.41. The number of likely N-dealkylation sites (tertiary alicyclic amines) is 2. The predicted octanol–water partition coefficient (Wildman–Crippen LogP) is 1.67. The fourth-order valence-electron chi connectivity index (χ4n) is 3.48. The van der Waals surface area contributed by atoms with E-state index in [-0.39, 0.29) is 0 Å². The van der Waals surface area contributed by atoms with Crippen LogP contribution in [-0.2, 0) is 0 Å². The van der Waals surface area contributed by atoms with E-state index in [0.717, 1.165) is 23.9 Å². The number of piperidine rings is 1. The Morgan fingerprint density at radius 2 is 1.64 bits per heavy atom. The normalized spacial score (nSPS) is 46.3. The summed E-state index contributed by atoms with van der Waals surface area (Å²) in [4.78, 5) is 5.12. The summed E-state index contributed by atoms with van der Waals surface area (Å²) in [6.07, 6.45) is 2.82. The van der Waals surface area contributed by atoms with E-state index < -0.39 is 0 Å². The van der Waals surface area contributed by atoms with Crippen LogP contribution in [0.15, 0.2) is 0 Å². The molecule has 0 amide bonds. The van der Waals surface area contributed by atoms with Gasteiger partial charge in [0.1, 0.15) is 0 Å². The molecule has 2 heterocycles. The van der Waals surface area contributed by atoms with E-state index in [0.29, 0.717) is 0 Å². The average molecular weight is 196 g/mol. The molecule has 2 fully saturated rings. The molecule has 0 aromatic heterocycles. The number of nitrogens with zero attached hydrogens (tertiary/aromatic N) is 2. The lowest BCUT2D eigenvalue weighted by Gasteiger charge is -2.53. The number of rotatable bonds is 1. The number of hydrogen-bond donors (Lipinski definition) is 0. The Balaban J connectivity index is 1.97. The van der Waals surface area contributed by atoms with Gasteiger partial charge >= 0.3 is 0 Å². The Kier molecular flexibility index (Phi) is 2.85. The summed E-state index contributed by atoms with van der Waals surface area (Å²) in [5.74, 6) is 1.80. The lowest BCUT2D eigenvalue weighted by atomic mass is 9.79. The summed E-state index contributed by atoms with van der Waals surface area (Å²) in [6, 6.07) is 1.65. The molecule has 2 heteroatoms. The van der Waals surface area contributed by atoms with Crippen molar-refractivity contribution in [3.63, 3.8) is 0 Å². The van der Waals surface area contributed by atoms with E-state index in [1.54, 1.807) is 0 Å². The van der Waals surface area contributed by atoms with Crippen molar-refractivity contribution in [3.8, 4) is 0 Å². The monoisotopic (exact) mass is 196 g/mol. The largest absolute Gasteiger partial charge is 0.302 e. The van der Waals surface area contributed by atoms with Crippen molar-refractivity contribution in [2.24, 2.45) is 11.8 Å². The van der Waals surface area contributed by atoms with Crippen LogP contribution < -0.4 is 0 Å². The Hall–Kier alpha value is -0.0800. The summed E-state index contributed by atoms with van der Waals surface area (Å²) in [5, 5.41) is 0. The van der Waals surface area contributed by atoms with Crippen LogP contribution in [0.3, 0.4) is 0 Å². The highest BCUT2D eigenvalue weighted by Crippen LogP contribution is 2.33. The van der Waals surface area contributed by atoms with Crippen LogP contribution in [0.2, 0.25) is 0 Å². The lowest BCUT2D eigenvalue weighted by Crippen LogP contribution is -2.63. The quantitative estimate of drug-likeness (QED) is 0.629. The first kappa shape index (κ1) is 10.4. The van der Waals surface area contributed by atoms with Crippen LogP contribution in [0.4, 0.5) is 0 Å². The molecule has 0 N–H and O–H groups in total. The van der Waals surface area contributed by atoms with Gasteiger partial charge in [-0.3, -0.25) is 0 Å². The van der Waals surface area contributed by atoms with Gasteiger partial charge in [0, 0.05) is 25.2 Å². The molecule has 0 saturated carbocycles. The van der Waals surface area contributed by atoms with Gasteiger partial charge in [-0.25, -0.2) is 0 Å². The van der Waals surface area contributed by atoms with E-state index >= 15 is 0 Å². The van der Waals surface area contributed by atoms with Gasteiger partial charge in [-0.15, -0.1) is 0 Å². The van der Waals surface area contributed by atoms with Crippen LogP contribution in [0.5, 0.6) is 0 Å². The fraction of sp³-hybridized carbons (Fsp3) is 1.00. The topological polar surface area (TPSA) is 6.48 Å². The van der Waals surface area contributed by atoms with Crippen molar-refractivity contribution in [3.05, 3.63) is 0 Å². The van der Waals surface area contributed by atoms with Gasteiger partial charge in [-0.1, -0.05) is 13.8 Å². The zero-order valence-corrected chi connectivity index (χ0v) is 10.0. The molecule has 2 nitrogen and oxygen atoms in total. The molecular formula is C12H24N2. The molecule has 4 unspecified atom stereocenters. The van der Waals surface area contributed by atoms with Gasteiger partial charge < -0.3 is 9.80 Å². The average Bonchev–Trinajstić information content (AvgIpc) is 2.10. The summed E-state index contributed by atoms with van der Waals surface area (Å²) >= 11 is 0. The second kappa shape index (κ2) is 3.82. The number of hydrogen-bond acceptors (Lipinski definition) is 2. The summed E-state index contributed by atoms with van der Waals surface area (Å²) in [5.41, 5.74) is 0. The van der Waals surface area contributed by atoms with E-state index in [4.69, 9.17) is 0 Å². The van der Waals surface area contributed by atoms with E-state index in [1.807, 2.05) is 0 Å². The Morgan fingerprint density at radius 1 is 0.929 bits per heavy atom. The van der Waals surface area contributed by atoms with Gasteiger partial charge in [-0.2, -0.15) is 0 Å². The summed E-state index contributed by atoms with van der Waals surface area (Å²) in [7, 11) is 4.58. The fourth-order valence-corrected chi connectivity index (χ4v) is 3.48. The maximum atomic E-state index is 2.59. The molecule has 4 atom stereocenters. The molecule has 2 aliphatic heterocycles. The third kappa shape index (κ3) is 1.70. The summed E-state index contributed by atoms with van der Waals surface area (Å²) in [6.45, 7) is 7.36.